The highest BCUT2D eigenvalue weighted by Gasteiger charge is 2.28. The van der Waals surface area contributed by atoms with E-state index in [4.69, 9.17) is 4.74 Å². The van der Waals surface area contributed by atoms with Gasteiger partial charge in [-0.2, -0.15) is 0 Å². The van der Waals surface area contributed by atoms with E-state index >= 15 is 0 Å². The topological polar surface area (TPSA) is 49.8 Å². The Hall–Kier alpha value is -1.55. The van der Waals surface area contributed by atoms with Crippen LogP contribution < -0.4 is 4.74 Å². The van der Waals surface area contributed by atoms with Gasteiger partial charge in [-0.25, -0.2) is 0 Å². The van der Waals surface area contributed by atoms with E-state index in [-0.39, 0.29) is 6.10 Å². The number of hydrogen-bond donors (Lipinski definition) is 1. The fourth-order valence-corrected chi connectivity index (χ4v) is 2.18. The molecule has 4 nitrogen and oxygen atoms in total. The number of ether oxygens (including phenoxy) is 1. The quantitative estimate of drug-likeness (QED) is 0.821. The molecule has 18 heavy (non-hydrogen) atoms. The van der Waals surface area contributed by atoms with Crippen molar-refractivity contribution in [2.45, 2.75) is 32.5 Å². The lowest BCUT2D eigenvalue weighted by Gasteiger charge is -2.34. The monoisotopic (exact) mass is 249 g/mol. The second kappa shape index (κ2) is 5.40. The SMILES string of the molecule is Cc1cccc(O[C@@H]2CCN(C=O)C[C@H]2O)c1C. The third-order valence-corrected chi connectivity index (χ3v) is 3.53. The number of piperidine rings is 1. The summed E-state index contributed by atoms with van der Waals surface area (Å²) in [5.41, 5.74) is 2.27. The van der Waals surface area contributed by atoms with Crippen molar-refractivity contribution in [2.75, 3.05) is 13.1 Å². The van der Waals surface area contributed by atoms with Gasteiger partial charge in [-0.05, 0) is 31.0 Å². The van der Waals surface area contributed by atoms with Crippen molar-refractivity contribution >= 4 is 6.41 Å². The summed E-state index contributed by atoms with van der Waals surface area (Å²) < 4.78 is 5.88. The summed E-state index contributed by atoms with van der Waals surface area (Å²) in [6.07, 6.45) is 0.579. The molecule has 0 aromatic heterocycles. The number of hydrogen-bond acceptors (Lipinski definition) is 3. The van der Waals surface area contributed by atoms with E-state index in [0.717, 1.165) is 17.7 Å². The zero-order chi connectivity index (χ0) is 13.1. The minimum absolute atomic E-state index is 0.235. The van der Waals surface area contributed by atoms with Gasteiger partial charge in [-0.3, -0.25) is 4.79 Å². The maximum absolute atomic E-state index is 10.6. The minimum Gasteiger partial charge on any atom is -0.487 e. The maximum Gasteiger partial charge on any atom is 0.209 e. The Balaban J connectivity index is 2.06. The van der Waals surface area contributed by atoms with Crippen LogP contribution in [0.4, 0.5) is 0 Å². The highest BCUT2D eigenvalue weighted by molar-refractivity contribution is 5.47. The summed E-state index contributed by atoms with van der Waals surface area (Å²) >= 11 is 0. The summed E-state index contributed by atoms with van der Waals surface area (Å²) in [6, 6.07) is 5.90. The normalized spacial score (nSPS) is 23.8. The van der Waals surface area contributed by atoms with Gasteiger partial charge in [-0.15, -0.1) is 0 Å². The van der Waals surface area contributed by atoms with Gasteiger partial charge in [0.15, 0.2) is 0 Å². The Morgan fingerprint density at radius 2 is 2.22 bits per heavy atom. The number of likely N-dealkylation sites (tertiary alicyclic amines) is 1. The van der Waals surface area contributed by atoms with Crippen LogP contribution in [-0.2, 0) is 4.79 Å². The van der Waals surface area contributed by atoms with Crippen molar-refractivity contribution in [1.82, 2.24) is 4.90 Å². The highest BCUT2D eigenvalue weighted by Crippen LogP contribution is 2.24. The number of nitrogens with zero attached hydrogens (tertiary/aromatic N) is 1. The molecule has 1 aromatic rings. The van der Waals surface area contributed by atoms with Crippen LogP contribution in [0.2, 0.25) is 0 Å². The van der Waals surface area contributed by atoms with Crippen LogP contribution in [0.5, 0.6) is 5.75 Å². The van der Waals surface area contributed by atoms with E-state index in [1.807, 2.05) is 32.0 Å². The lowest BCUT2D eigenvalue weighted by molar-refractivity contribution is -0.123. The van der Waals surface area contributed by atoms with E-state index in [0.29, 0.717) is 19.5 Å². The molecular formula is C14H19NO3. The molecule has 1 aliphatic heterocycles. The second-order valence-electron chi connectivity index (χ2n) is 4.81. The van der Waals surface area contributed by atoms with E-state index in [1.54, 1.807) is 4.90 Å². The highest BCUT2D eigenvalue weighted by atomic mass is 16.5. The zero-order valence-corrected chi connectivity index (χ0v) is 10.8. The number of aliphatic hydroxyl groups is 1. The summed E-state index contributed by atoms with van der Waals surface area (Å²) in [5.74, 6) is 0.818. The predicted molar refractivity (Wildman–Crippen MR) is 68.6 cm³/mol. The van der Waals surface area contributed by atoms with Crippen molar-refractivity contribution in [3.8, 4) is 5.75 Å². The van der Waals surface area contributed by atoms with E-state index in [9.17, 15) is 9.90 Å². The standard InChI is InChI=1S/C14H19NO3/c1-10-4-3-5-13(11(10)2)18-14-6-7-15(9-16)8-12(14)17/h3-5,9,12,14,17H,6-8H2,1-2H3/t12-,14-/m1/s1. The van der Waals surface area contributed by atoms with Gasteiger partial charge in [0, 0.05) is 19.5 Å². The van der Waals surface area contributed by atoms with Crippen molar-refractivity contribution < 1.29 is 14.6 Å². The summed E-state index contributed by atoms with van der Waals surface area (Å²) in [4.78, 5) is 12.2. The molecule has 0 radical (unpaired) electrons. The van der Waals surface area contributed by atoms with Gasteiger partial charge >= 0.3 is 0 Å². The first kappa shape index (κ1) is 12.9. The number of carbonyl (C=O) groups excluding carboxylic acids is 1. The molecule has 0 bridgehead atoms. The Morgan fingerprint density at radius 3 is 2.89 bits per heavy atom. The molecule has 98 valence electrons. The van der Waals surface area contributed by atoms with Gasteiger partial charge in [0.2, 0.25) is 6.41 Å². The Morgan fingerprint density at radius 1 is 1.44 bits per heavy atom. The first-order valence-corrected chi connectivity index (χ1v) is 6.22. The van der Waals surface area contributed by atoms with Crippen molar-refractivity contribution in [2.24, 2.45) is 0 Å². The number of β-amino-alcohol motifs (C(OH)–C–C–N with tert-alkyl or cyclic N) is 1. The van der Waals surface area contributed by atoms with Crippen LogP contribution in [0.15, 0.2) is 18.2 Å². The molecule has 2 atom stereocenters. The van der Waals surface area contributed by atoms with Gasteiger partial charge in [0.25, 0.3) is 0 Å². The Kier molecular flexibility index (Phi) is 3.87. The fraction of sp³-hybridized carbons (Fsp3) is 0.500. The first-order valence-electron chi connectivity index (χ1n) is 6.22. The molecule has 1 fully saturated rings. The molecule has 1 aliphatic rings. The zero-order valence-electron chi connectivity index (χ0n) is 10.8. The van der Waals surface area contributed by atoms with Gasteiger partial charge in [-0.1, -0.05) is 12.1 Å². The molecule has 1 N–H and O–H groups in total. The van der Waals surface area contributed by atoms with Crippen LogP contribution in [0, 0.1) is 13.8 Å². The summed E-state index contributed by atoms with van der Waals surface area (Å²) in [6.45, 7) is 5.03. The molecule has 0 aliphatic carbocycles. The van der Waals surface area contributed by atoms with Crippen LogP contribution >= 0.6 is 0 Å². The molecule has 1 saturated heterocycles. The largest absolute Gasteiger partial charge is 0.487 e. The van der Waals surface area contributed by atoms with E-state index in [2.05, 4.69) is 0 Å². The average molecular weight is 249 g/mol. The Bertz CT molecular complexity index is 433. The molecule has 1 aromatic carbocycles. The molecule has 0 unspecified atom stereocenters. The third-order valence-electron chi connectivity index (χ3n) is 3.53. The molecular weight excluding hydrogens is 230 g/mol. The molecule has 4 heteroatoms. The van der Waals surface area contributed by atoms with Gasteiger partial charge in [0.05, 0.1) is 0 Å². The van der Waals surface area contributed by atoms with Crippen molar-refractivity contribution in [3.63, 3.8) is 0 Å². The Labute approximate surface area is 107 Å². The maximum atomic E-state index is 10.6. The van der Waals surface area contributed by atoms with E-state index in [1.165, 1.54) is 5.56 Å². The first-order chi connectivity index (χ1) is 8.61. The molecule has 0 saturated carbocycles. The summed E-state index contributed by atoms with van der Waals surface area (Å²) in [7, 11) is 0. The molecule has 2 rings (SSSR count). The predicted octanol–water partition coefficient (Wildman–Crippen LogP) is 1.27. The number of rotatable bonds is 3. The fourth-order valence-electron chi connectivity index (χ4n) is 2.18. The van der Waals surface area contributed by atoms with Crippen LogP contribution in [0.25, 0.3) is 0 Å². The lowest BCUT2D eigenvalue weighted by Crippen LogP contribution is -2.48. The smallest absolute Gasteiger partial charge is 0.209 e. The van der Waals surface area contributed by atoms with Crippen molar-refractivity contribution in [3.05, 3.63) is 29.3 Å². The van der Waals surface area contributed by atoms with Crippen molar-refractivity contribution in [1.29, 1.82) is 0 Å². The molecule has 1 heterocycles. The third kappa shape index (κ3) is 2.64. The average Bonchev–Trinajstić information content (AvgIpc) is 2.37. The van der Waals surface area contributed by atoms with E-state index < -0.39 is 6.10 Å². The number of benzene rings is 1. The number of amides is 1. The number of aliphatic hydroxyl groups excluding tert-OH is 1. The minimum atomic E-state index is -0.621. The summed E-state index contributed by atoms with van der Waals surface area (Å²) in [5, 5.41) is 9.97. The van der Waals surface area contributed by atoms with Crippen LogP contribution in [0.1, 0.15) is 17.5 Å². The molecule has 1 amide bonds. The van der Waals surface area contributed by atoms with Gasteiger partial charge < -0.3 is 14.7 Å². The lowest BCUT2D eigenvalue weighted by atomic mass is 10.0. The van der Waals surface area contributed by atoms with Crippen LogP contribution in [-0.4, -0.2) is 41.7 Å². The second-order valence-corrected chi connectivity index (χ2v) is 4.81. The van der Waals surface area contributed by atoms with Gasteiger partial charge in [0.1, 0.15) is 18.0 Å². The number of carbonyl (C=O) groups is 1. The molecule has 0 spiro atoms. The number of aryl methyl sites for hydroxylation is 1. The van der Waals surface area contributed by atoms with Crippen LogP contribution in [0.3, 0.4) is 0 Å².